The summed E-state index contributed by atoms with van der Waals surface area (Å²) in [6, 6.07) is 0.866. The lowest BCUT2D eigenvalue weighted by Gasteiger charge is -2.44. The molecule has 2 saturated carbocycles. The van der Waals surface area contributed by atoms with Crippen molar-refractivity contribution in [1.29, 1.82) is 0 Å². The molecule has 0 radical (unpaired) electrons. The van der Waals surface area contributed by atoms with E-state index in [4.69, 9.17) is 0 Å². The second kappa shape index (κ2) is 2.54. The molecule has 0 aromatic carbocycles. The van der Waals surface area contributed by atoms with Crippen LogP contribution in [0.4, 0.5) is 0 Å². The van der Waals surface area contributed by atoms with E-state index < -0.39 is 0 Å². The van der Waals surface area contributed by atoms with Gasteiger partial charge in [-0.3, -0.25) is 0 Å². The van der Waals surface area contributed by atoms with Gasteiger partial charge >= 0.3 is 0 Å². The SMILES string of the molecule is CNC1CC(C2CCC2)C1. The van der Waals surface area contributed by atoms with Gasteiger partial charge in [0, 0.05) is 6.04 Å². The average Bonchev–Trinajstić information content (AvgIpc) is 1.72. The van der Waals surface area contributed by atoms with Gasteiger partial charge in [0.1, 0.15) is 0 Å². The molecule has 1 heteroatoms. The molecule has 0 saturated heterocycles. The van der Waals surface area contributed by atoms with Crippen molar-refractivity contribution in [2.45, 2.75) is 38.1 Å². The van der Waals surface area contributed by atoms with E-state index in [1.165, 1.54) is 32.1 Å². The van der Waals surface area contributed by atoms with Gasteiger partial charge in [-0.25, -0.2) is 0 Å². The average molecular weight is 139 g/mol. The van der Waals surface area contributed by atoms with E-state index in [0.717, 1.165) is 17.9 Å². The second-order valence-electron chi connectivity index (χ2n) is 3.91. The van der Waals surface area contributed by atoms with E-state index in [-0.39, 0.29) is 0 Å². The molecule has 2 aliphatic carbocycles. The summed E-state index contributed by atoms with van der Waals surface area (Å²) in [6.07, 6.45) is 7.48. The van der Waals surface area contributed by atoms with Crippen molar-refractivity contribution in [3.8, 4) is 0 Å². The minimum atomic E-state index is 0.866. The molecule has 0 aromatic rings. The second-order valence-corrected chi connectivity index (χ2v) is 3.91. The Bertz CT molecular complexity index is 112. The van der Waals surface area contributed by atoms with E-state index in [1.807, 2.05) is 0 Å². The van der Waals surface area contributed by atoms with Crippen LogP contribution in [0.2, 0.25) is 0 Å². The fourth-order valence-electron chi connectivity index (χ4n) is 2.19. The largest absolute Gasteiger partial charge is 0.317 e. The zero-order chi connectivity index (χ0) is 6.97. The fourth-order valence-corrected chi connectivity index (χ4v) is 2.19. The van der Waals surface area contributed by atoms with Crippen LogP contribution in [0, 0.1) is 11.8 Å². The molecule has 0 bridgehead atoms. The van der Waals surface area contributed by atoms with Gasteiger partial charge in [0.15, 0.2) is 0 Å². The molecule has 2 fully saturated rings. The molecule has 10 heavy (non-hydrogen) atoms. The summed E-state index contributed by atoms with van der Waals surface area (Å²) < 4.78 is 0. The molecule has 0 aromatic heterocycles. The molecule has 0 unspecified atom stereocenters. The highest BCUT2D eigenvalue weighted by Crippen LogP contribution is 2.43. The minimum absolute atomic E-state index is 0.866. The number of hydrogen-bond acceptors (Lipinski definition) is 1. The zero-order valence-electron chi connectivity index (χ0n) is 6.77. The maximum atomic E-state index is 3.33. The molecule has 2 rings (SSSR count). The summed E-state index contributed by atoms with van der Waals surface area (Å²) >= 11 is 0. The van der Waals surface area contributed by atoms with E-state index >= 15 is 0 Å². The molecular weight excluding hydrogens is 122 g/mol. The molecule has 0 spiro atoms. The predicted octanol–water partition coefficient (Wildman–Crippen LogP) is 1.78. The molecular formula is C9H17N. The molecule has 58 valence electrons. The van der Waals surface area contributed by atoms with Crippen LogP contribution in [0.3, 0.4) is 0 Å². The van der Waals surface area contributed by atoms with Crippen molar-refractivity contribution in [2.75, 3.05) is 7.05 Å². The Balaban J connectivity index is 1.69. The maximum absolute atomic E-state index is 3.33. The molecule has 0 aliphatic heterocycles. The highest BCUT2D eigenvalue weighted by molar-refractivity contribution is 4.90. The quantitative estimate of drug-likeness (QED) is 0.615. The third-order valence-electron chi connectivity index (χ3n) is 3.40. The monoisotopic (exact) mass is 139 g/mol. The van der Waals surface area contributed by atoms with Crippen LogP contribution in [0.15, 0.2) is 0 Å². The van der Waals surface area contributed by atoms with Gasteiger partial charge < -0.3 is 5.32 Å². The molecule has 2 aliphatic rings. The van der Waals surface area contributed by atoms with E-state index in [1.54, 1.807) is 0 Å². The van der Waals surface area contributed by atoms with Gasteiger partial charge in [0.2, 0.25) is 0 Å². The fraction of sp³-hybridized carbons (Fsp3) is 1.00. The summed E-state index contributed by atoms with van der Waals surface area (Å²) in [5.74, 6) is 2.23. The first-order valence-corrected chi connectivity index (χ1v) is 4.57. The summed E-state index contributed by atoms with van der Waals surface area (Å²) in [6.45, 7) is 0. The van der Waals surface area contributed by atoms with Gasteiger partial charge in [0.25, 0.3) is 0 Å². The summed E-state index contributed by atoms with van der Waals surface area (Å²) in [5, 5.41) is 3.33. The standard InChI is InChI=1S/C9H17N/c1-10-9-5-8(6-9)7-3-2-4-7/h7-10H,2-6H2,1H3. The third-order valence-corrected chi connectivity index (χ3v) is 3.40. The van der Waals surface area contributed by atoms with Crippen molar-refractivity contribution in [1.82, 2.24) is 5.32 Å². The first kappa shape index (κ1) is 6.66. The van der Waals surface area contributed by atoms with E-state index in [2.05, 4.69) is 12.4 Å². The Morgan fingerprint density at radius 1 is 1.10 bits per heavy atom. The van der Waals surface area contributed by atoms with Gasteiger partial charge in [-0.05, 0) is 31.7 Å². The lowest BCUT2D eigenvalue weighted by molar-refractivity contribution is 0.0979. The van der Waals surface area contributed by atoms with Crippen LogP contribution in [0.25, 0.3) is 0 Å². The van der Waals surface area contributed by atoms with Gasteiger partial charge in [-0.15, -0.1) is 0 Å². The summed E-state index contributed by atoms with van der Waals surface area (Å²) in [7, 11) is 2.08. The van der Waals surface area contributed by atoms with Crippen LogP contribution >= 0.6 is 0 Å². The Labute approximate surface area is 63.2 Å². The predicted molar refractivity (Wildman–Crippen MR) is 42.9 cm³/mol. The Hall–Kier alpha value is -0.0400. The first-order chi connectivity index (χ1) is 4.90. The van der Waals surface area contributed by atoms with Crippen LogP contribution < -0.4 is 5.32 Å². The van der Waals surface area contributed by atoms with E-state index in [0.29, 0.717) is 0 Å². The first-order valence-electron chi connectivity index (χ1n) is 4.57. The lowest BCUT2D eigenvalue weighted by atomic mass is 9.65. The van der Waals surface area contributed by atoms with E-state index in [9.17, 15) is 0 Å². The molecule has 1 N–H and O–H groups in total. The van der Waals surface area contributed by atoms with Crippen molar-refractivity contribution >= 4 is 0 Å². The normalized spacial score (nSPS) is 40.5. The highest BCUT2D eigenvalue weighted by Gasteiger charge is 2.36. The molecule has 0 heterocycles. The topological polar surface area (TPSA) is 12.0 Å². The smallest absolute Gasteiger partial charge is 0.00695 e. The number of nitrogens with one attached hydrogen (secondary N) is 1. The third kappa shape index (κ3) is 0.968. The lowest BCUT2D eigenvalue weighted by Crippen LogP contribution is -2.43. The van der Waals surface area contributed by atoms with Crippen LogP contribution in [-0.4, -0.2) is 13.1 Å². The van der Waals surface area contributed by atoms with Crippen LogP contribution in [0.5, 0.6) is 0 Å². The maximum Gasteiger partial charge on any atom is 0.00695 e. The Morgan fingerprint density at radius 3 is 2.20 bits per heavy atom. The number of hydrogen-bond donors (Lipinski definition) is 1. The Morgan fingerprint density at radius 2 is 1.80 bits per heavy atom. The van der Waals surface area contributed by atoms with Crippen LogP contribution in [-0.2, 0) is 0 Å². The van der Waals surface area contributed by atoms with Crippen molar-refractivity contribution in [3.05, 3.63) is 0 Å². The Kier molecular flexibility index (Phi) is 1.69. The van der Waals surface area contributed by atoms with Crippen molar-refractivity contribution < 1.29 is 0 Å². The van der Waals surface area contributed by atoms with Crippen molar-refractivity contribution in [2.24, 2.45) is 11.8 Å². The highest BCUT2D eigenvalue weighted by atomic mass is 14.9. The summed E-state index contributed by atoms with van der Waals surface area (Å²) in [5.41, 5.74) is 0. The number of rotatable bonds is 2. The summed E-state index contributed by atoms with van der Waals surface area (Å²) in [4.78, 5) is 0. The van der Waals surface area contributed by atoms with Gasteiger partial charge in [-0.2, -0.15) is 0 Å². The minimum Gasteiger partial charge on any atom is -0.317 e. The molecule has 0 atom stereocenters. The molecule has 1 nitrogen and oxygen atoms in total. The molecule has 0 amide bonds. The van der Waals surface area contributed by atoms with Gasteiger partial charge in [-0.1, -0.05) is 19.3 Å². The zero-order valence-corrected chi connectivity index (χ0v) is 6.77. The van der Waals surface area contributed by atoms with Gasteiger partial charge in [0.05, 0.1) is 0 Å². The van der Waals surface area contributed by atoms with Crippen LogP contribution in [0.1, 0.15) is 32.1 Å². The van der Waals surface area contributed by atoms with Crippen molar-refractivity contribution in [3.63, 3.8) is 0 Å².